The number of pyridine rings is 1. The zero-order valence-electron chi connectivity index (χ0n) is 14.4. The molecule has 2 amide bonds. The Morgan fingerprint density at radius 3 is 2.46 bits per heavy atom. The number of anilines is 1. The van der Waals surface area contributed by atoms with E-state index in [-0.39, 0.29) is 31.2 Å². The quantitative estimate of drug-likeness (QED) is 0.674. The molecule has 0 aliphatic carbocycles. The Labute approximate surface area is 157 Å². The Balaban J connectivity index is 1.49. The molecule has 0 unspecified atom stereocenters. The number of carbonyl (C=O) groups excluding carboxylic acids is 2. The summed E-state index contributed by atoms with van der Waals surface area (Å²) in [5.74, 6) is -0.794. The minimum absolute atomic E-state index is 0.149. The third-order valence-corrected chi connectivity index (χ3v) is 4.54. The van der Waals surface area contributed by atoms with Crippen LogP contribution < -0.4 is 4.90 Å². The lowest BCUT2D eigenvalue weighted by atomic mass is 10.1. The summed E-state index contributed by atoms with van der Waals surface area (Å²) in [7, 11) is 0. The average molecular weight is 389 g/mol. The van der Waals surface area contributed by atoms with E-state index in [4.69, 9.17) is 0 Å². The molecule has 3 aromatic rings. The third-order valence-electron chi connectivity index (χ3n) is 4.54. The molecule has 7 nitrogen and oxygen atoms in total. The predicted molar refractivity (Wildman–Crippen MR) is 92.7 cm³/mol. The number of alkyl halides is 3. The highest BCUT2D eigenvalue weighted by Crippen LogP contribution is 2.30. The second-order valence-corrected chi connectivity index (χ2v) is 6.29. The van der Waals surface area contributed by atoms with Gasteiger partial charge in [0.05, 0.1) is 11.1 Å². The second-order valence-electron chi connectivity index (χ2n) is 6.29. The number of benzene rings is 1. The standard InChI is InChI=1S/C18H14F3N5O2/c19-18(20,21)12-4-6-13(7-5-12)25-10-9-24(11-15(25)27)17(28)16-14-3-1-2-8-26(14)23-22-16/h1-8H,9-11H2. The van der Waals surface area contributed by atoms with Crippen molar-refractivity contribution in [2.24, 2.45) is 0 Å². The van der Waals surface area contributed by atoms with Crippen molar-refractivity contribution in [3.63, 3.8) is 0 Å². The monoisotopic (exact) mass is 389 g/mol. The van der Waals surface area contributed by atoms with E-state index in [0.717, 1.165) is 12.1 Å². The van der Waals surface area contributed by atoms with Crippen molar-refractivity contribution in [3.8, 4) is 0 Å². The van der Waals surface area contributed by atoms with Crippen LogP contribution in [0.3, 0.4) is 0 Å². The maximum Gasteiger partial charge on any atom is 0.416 e. The minimum Gasteiger partial charge on any atom is -0.326 e. The first-order valence-corrected chi connectivity index (χ1v) is 8.41. The molecule has 1 aliphatic heterocycles. The van der Waals surface area contributed by atoms with Crippen LogP contribution >= 0.6 is 0 Å². The van der Waals surface area contributed by atoms with E-state index in [9.17, 15) is 22.8 Å². The zero-order chi connectivity index (χ0) is 19.9. The van der Waals surface area contributed by atoms with Gasteiger partial charge in [-0.05, 0) is 36.4 Å². The molecule has 0 radical (unpaired) electrons. The van der Waals surface area contributed by atoms with Gasteiger partial charge in [-0.25, -0.2) is 4.52 Å². The predicted octanol–water partition coefficient (Wildman–Crippen LogP) is 2.24. The summed E-state index contributed by atoms with van der Waals surface area (Å²) in [6.07, 6.45) is -2.78. The molecule has 0 spiro atoms. The van der Waals surface area contributed by atoms with E-state index in [1.165, 1.54) is 26.4 Å². The van der Waals surface area contributed by atoms with Gasteiger partial charge in [-0.1, -0.05) is 11.3 Å². The van der Waals surface area contributed by atoms with Crippen molar-refractivity contribution in [1.82, 2.24) is 19.7 Å². The second kappa shape index (κ2) is 6.63. The topological polar surface area (TPSA) is 70.8 Å². The van der Waals surface area contributed by atoms with Crippen LogP contribution in [0.25, 0.3) is 5.52 Å². The molecule has 1 aromatic carbocycles. The molecule has 28 heavy (non-hydrogen) atoms. The maximum atomic E-state index is 12.7. The molecule has 1 fully saturated rings. The summed E-state index contributed by atoms with van der Waals surface area (Å²) in [5, 5.41) is 7.77. The molecular formula is C18H14F3N5O2. The summed E-state index contributed by atoms with van der Waals surface area (Å²) in [6, 6.07) is 9.58. The van der Waals surface area contributed by atoms with Crippen LogP contribution in [0.4, 0.5) is 18.9 Å². The first-order valence-electron chi connectivity index (χ1n) is 8.41. The molecule has 2 aromatic heterocycles. The first kappa shape index (κ1) is 18.0. The summed E-state index contributed by atoms with van der Waals surface area (Å²) < 4.78 is 39.5. The number of hydrogen-bond donors (Lipinski definition) is 0. The Kier molecular flexibility index (Phi) is 4.25. The Bertz CT molecular complexity index is 1050. The number of fused-ring (bicyclic) bond motifs is 1. The lowest BCUT2D eigenvalue weighted by molar-refractivity contribution is -0.137. The third kappa shape index (κ3) is 3.17. The molecule has 1 aliphatic rings. The highest BCUT2D eigenvalue weighted by atomic mass is 19.4. The van der Waals surface area contributed by atoms with Gasteiger partial charge in [-0.2, -0.15) is 13.2 Å². The fourth-order valence-electron chi connectivity index (χ4n) is 3.10. The van der Waals surface area contributed by atoms with E-state index >= 15 is 0 Å². The molecule has 0 N–H and O–H groups in total. The average Bonchev–Trinajstić information content (AvgIpc) is 3.11. The molecule has 1 saturated heterocycles. The van der Waals surface area contributed by atoms with E-state index < -0.39 is 17.6 Å². The smallest absolute Gasteiger partial charge is 0.326 e. The SMILES string of the molecule is O=C(c1nnn2ccccc12)N1CCN(c2ccc(C(F)(F)F)cc2)C(=O)C1. The van der Waals surface area contributed by atoms with Gasteiger partial charge in [0.2, 0.25) is 5.91 Å². The van der Waals surface area contributed by atoms with Gasteiger partial charge >= 0.3 is 6.18 Å². The van der Waals surface area contributed by atoms with Gasteiger partial charge in [0.15, 0.2) is 5.69 Å². The number of carbonyl (C=O) groups is 2. The summed E-state index contributed by atoms with van der Waals surface area (Å²) >= 11 is 0. The zero-order valence-corrected chi connectivity index (χ0v) is 14.4. The van der Waals surface area contributed by atoms with Crippen LogP contribution in [0.5, 0.6) is 0 Å². The number of amides is 2. The van der Waals surface area contributed by atoms with E-state index in [1.807, 2.05) is 0 Å². The van der Waals surface area contributed by atoms with Crippen molar-refractivity contribution in [3.05, 3.63) is 59.9 Å². The Hall–Kier alpha value is -3.43. The van der Waals surface area contributed by atoms with Gasteiger partial charge < -0.3 is 9.80 Å². The van der Waals surface area contributed by atoms with Gasteiger partial charge in [0.1, 0.15) is 6.54 Å². The number of rotatable bonds is 2. The van der Waals surface area contributed by atoms with Crippen LogP contribution in [-0.2, 0) is 11.0 Å². The summed E-state index contributed by atoms with van der Waals surface area (Å²) in [6.45, 7) is 0.221. The Morgan fingerprint density at radius 2 is 1.79 bits per heavy atom. The summed E-state index contributed by atoms with van der Waals surface area (Å²) in [5.41, 5.74) is 0.261. The van der Waals surface area contributed by atoms with Crippen LogP contribution in [-0.4, -0.2) is 51.2 Å². The Morgan fingerprint density at radius 1 is 1.04 bits per heavy atom. The van der Waals surface area contributed by atoms with E-state index in [0.29, 0.717) is 11.2 Å². The molecule has 4 rings (SSSR count). The lowest BCUT2D eigenvalue weighted by Gasteiger charge is -2.34. The van der Waals surface area contributed by atoms with Crippen LogP contribution in [0.1, 0.15) is 16.1 Å². The number of nitrogens with zero attached hydrogens (tertiary/aromatic N) is 5. The molecule has 0 atom stereocenters. The molecule has 10 heteroatoms. The van der Waals surface area contributed by atoms with Crippen molar-refractivity contribution in [2.45, 2.75) is 6.18 Å². The molecule has 0 saturated carbocycles. The van der Waals surface area contributed by atoms with Crippen molar-refractivity contribution in [1.29, 1.82) is 0 Å². The minimum atomic E-state index is -4.44. The largest absolute Gasteiger partial charge is 0.416 e. The molecular weight excluding hydrogens is 375 g/mol. The number of hydrogen-bond acceptors (Lipinski definition) is 4. The van der Waals surface area contributed by atoms with Crippen LogP contribution in [0, 0.1) is 0 Å². The van der Waals surface area contributed by atoms with Crippen molar-refractivity contribution < 1.29 is 22.8 Å². The van der Waals surface area contributed by atoms with Gasteiger partial charge in [0.25, 0.3) is 5.91 Å². The van der Waals surface area contributed by atoms with E-state index in [2.05, 4.69) is 10.3 Å². The number of halogens is 3. The number of piperazine rings is 1. The fourth-order valence-corrected chi connectivity index (χ4v) is 3.10. The molecule has 3 heterocycles. The van der Waals surface area contributed by atoms with Crippen molar-refractivity contribution in [2.75, 3.05) is 24.5 Å². The summed E-state index contributed by atoms with van der Waals surface area (Å²) in [4.78, 5) is 28.0. The number of aromatic nitrogens is 3. The highest BCUT2D eigenvalue weighted by molar-refractivity contribution is 6.03. The lowest BCUT2D eigenvalue weighted by Crippen LogP contribution is -2.52. The van der Waals surface area contributed by atoms with Gasteiger partial charge in [-0.3, -0.25) is 9.59 Å². The highest BCUT2D eigenvalue weighted by Gasteiger charge is 2.32. The van der Waals surface area contributed by atoms with Gasteiger partial charge in [0, 0.05) is 25.0 Å². The van der Waals surface area contributed by atoms with Crippen molar-refractivity contribution >= 4 is 23.0 Å². The van der Waals surface area contributed by atoms with E-state index in [1.54, 1.807) is 24.4 Å². The fraction of sp³-hybridized carbons (Fsp3) is 0.222. The van der Waals surface area contributed by atoms with Crippen LogP contribution in [0.15, 0.2) is 48.7 Å². The molecule has 0 bridgehead atoms. The van der Waals surface area contributed by atoms with Gasteiger partial charge in [-0.15, -0.1) is 5.10 Å². The normalized spacial score (nSPS) is 15.3. The van der Waals surface area contributed by atoms with Crippen LogP contribution in [0.2, 0.25) is 0 Å². The molecule has 144 valence electrons. The maximum absolute atomic E-state index is 12.7. The first-order chi connectivity index (χ1) is 13.3.